The van der Waals surface area contributed by atoms with Crippen LogP contribution in [0.4, 0.5) is 14.6 Å². The number of amides is 1. The molecule has 2 rings (SSSR count). The molecule has 4 nitrogen and oxygen atoms in total. The highest BCUT2D eigenvalue weighted by Crippen LogP contribution is 2.12. The molecule has 0 fully saturated rings. The van der Waals surface area contributed by atoms with E-state index in [0.29, 0.717) is 6.07 Å². The van der Waals surface area contributed by atoms with Crippen molar-refractivity contribution >= 4 is 11.7 Å². The third-order valence-corrected chi connectivity index (χ3v) is 3.53. The molecule has 0 aliphatic rings. The summed E-state index contributed by atoms with van der Waals surface area (Å²) >= 11 is 0. The summed E-state index contributed by atoms with van der Waals surface area (Å²) in [6, 6.07) is 6.62. The van der Waals surface area contributed by atoms with E-state index >= 15 is 0 Å². The SMILES string of the molecule is CCN(CC)c1ccc(CNC(=O)c2ccc(F)cc2F)cn1. The largest absolute Gasteiger partial charge is 0.357 e. The van der Waals surface area contributed by atoms with E-state index in [4.69, 9.17) is 0 Å². The summed E-state index contributed by atoms with van der Waals surface area (Å²) < 4.78 is 26.4. The summed E-state index contributed by atoms with van der Waals surface area (Å²) in [5.74, 6) is -1.31. The van der Waals surface area contributed by atoms with Crippen LogP contribution in [0.2, 0.25) is 0 Å². The van der Waals surface area contributed by atoms with E-state index in [2.05, 4.69) is 29.0 Å². The van der Waals surface area contributed by atoms with Gasteiger partial charge in [0, 0.05) is 31.9 Å². The lowest BCUT2D eigenvalue weighted by Crippen LogP contribution is -2.25. The van der Waals surface area contributed by atoms with Crippen molar-refractivity contribution in [2.45, 2.75) is 20.4 Å². The van der Waals surface area contributed by atoms with E-state index in [1.54, 1.807) is 6.20 Å². The standard InChI is InChI=1S/C17H19F2N3O/c1-3-22(4-2)16-8-5-12(10-20-16)11-21-17(23)14-7-6-13(18)9-15(14)19/h5-10H,3-4,11H2,1-2H3,(H,21,23). The van der Waals surface area contributed by atoms with Crippen molar-refractivity contribution in [1.29, 1.82) is 0 Å². The fourth-order valence-corrected chi connectivity index (χ4v) is 2.21. The van der Waals surface area contributed by atoms with Gasteiger partial charge in [-0.25, -0.2) is 13.8 Å². The molecule has 1 amide bonds. The van der Waals surface area contributed by atoms with Gasteiger partial charge in [-0.05, 0) is 37.6 Å². The third kappa shape index (κ3) is 4.25. The molecule has 2 aromatic rings. The van der Waals surface area contributed by atoms with Crippen LogP contribution >= 0.6 is 0 Å². The molecule has 1 heterocycles. The zero-order chi connectivity index (χ0) is 16.8. The number of benzene rings is 1. The fourth-order valence-electron chi connectivity index (χ4n) is 2.21. The predicted octanol–water partition coefficient (Wildman–Crippen LogP) is 3.14. The summed E-state index contributed by atoms with van der Waals surface area (Å²) in [6.07, 6.45) is 1.68. The van der Waals surface area contributed by atoms with Gasteiger partial charge in [0.15, 0.2) is 0 Å². The minimum Gasteiger partial charge on any atom is -0.357 e. The zero-order valence-electron chi connectivity index (χ0n) is 13.1. The Kier molecular flexibility index (Phi) is 5.62. The maximum atomic E-state index is 13.5. The molecule has 0 atom stereocenters. The first-order chi connectivity index (χ1) is 11.0. The molecule has 1 N–H and O–H groups in total. The number of halogens is 2. The molecule has 1 aromatic carbocycles. The normalized spacial score (nSPS) is 10.4. The quantitative estimate of drug-likeness (QED) is 0.890. The lowest BCUT2D eigenvalue weighted by Gasteiger charge is -2.19. The number of carbonyl (C=O) groups is 1. The highest BCUT2D eigenvalue weighted by Gasteiger charge is 2.12. The van der Waals surface area contributed by atoms with Crippen molar-refractivity contribution < 1.29 is 13.6 Å². The first kappa shape index (κ1) is 16.9. The number of aromatic nitrogens is 1. The molecule has 0 saturated heterocycles. The number of carbonyl (C=O) groups excluding carboxylic acids is 1. The topological polar surface area (TPSA) is 45.2 Å². The third-order valence-electron chi connectivity index (χ3n) is 3.53. The van der Waals surface area contributed by atoms with Gasteiger partial charge in [0.25, 0.3) is 5.91 Å². The molecule has 122 valence electrons. The predicted molar refractivity (Wildman–Crippen MR) is 85.3 cm³/mol. The molecule has 0 radical (unpaired) electrons. The molecule has 1 aromatic heterocycles. The summed E-state index contributed by atoms with van der Waals surface area (Å²) in [5, 5.41) is 2.60. The molecule has 0 unspecified atom stereocenters. The minimum absolute atomic E-state index is 0.181. The summed E-state index contributed by atoms with van der Waals surface area (Å²) in [4.78, 5) is 18.4. The van der Waals surface area contributed by atoms with Crippen LogP contribution in [-0.4, -0.2) is 24.0 Å². The van der Waals surface area contributed by atoms with Crippen molar-refractivity contribution in [2.75, 3.05) is 18.0 Å². The van der Waals surface area contributed by atoms with E-state index in [9.17, 15) is 13.6 Å². The van der Waals surface area contributed by atoms with Crippen LogP contribution < -0.4 is 10.2 Å². The molecular weight excluding hydrogens is 300 g/mol. The van der Waals surface area contributed by atoms with Crippen LogP contribution in [0, 0.1) is 11.6 Å². The van der Waals surface area contributed by atoms with Crippen molar-refractivity contribution in [2.24, 2.45) is 0 Å². The number of hydrogen-bond acceptors (Lipinski definition) is 3. The maximum Gasteiger partial charge on any atom is 0.254 e. The number of rotatable bonds is 6. The molecule has 0 aliphatic heterocycles. The average Bonchev–Trinajstić information content (AvgIpc) is 2.55. The lowest BCUT2D eigenvalue weighted by molar-refractivity contribution is 0.0947. The van der Waals surface area contributed by atoms with Crippen LogP contribution in [0.25, 0.3) is 0 Å². The summed E-state index contributed by atoms with van der Waals surface area (Å²) in [7, 11) is 0. The van der Waals surface area contributed by atoms with Gasteiger partial charge in [-0.2, -0.15) is 0 Å². The highest BCUT2D eigenvalue weighted by molar-refractivity contribution is 5.94. The molecule has 23 heavy (non-hydrogen) atoms. The second-order valence-electron chi connectivity index (χ2n) is 5.00. The number of nitrogens with one attached hydrogen (secondary N) is 1. The van der Waals surface area contributed by atoms with Crippen molar-refractivity contribution in [3.8, 4) is 0 Å². The van der Waals surface area contributed by atoms with Gasteiger partial charge in [-0.3, -0.25) is 4.79 Å². The average molecular weight is 319 g/mol. The number of hydrogen-bond donors (Lipinski definition) is 1. The Morgan fingerprint density at radius 1 is 1.17 bits per heavy atom. The number of nitrogens with zero attached hydrogens (tertiary/aromatic N) is 2. The molecular formula is C17H19F2N3O. The Bertz CT molecular complexity index is 670. The first-order valence-corrected chi connectivity index (χ1v) is 7.48. The molecule has 0 spiro atoms. The number of pyridine rings is 1. The Morgan fingerprint density at radius 3 is 2.48 bits per heavy atom. The van der Waals surface area contributed by atoms with Gasteiger partial charge < -0.3 is 10.2 Å². The van der Waals surface area contributed by atoms with E-state index in [0.717, 1.165) is 36.6 Å². The van der Waals surface area contributed by atoms with E-state index in [-0.39, 0.29) is 12.1 Å². The molecule has 0 bridgehead atoms. The van der Waals surface area contributed by atoms with Gasteiger partial charge in [0.05, 0.1) is 5.56 Å². The summed E-state index contributed by atoms with van der Waals surface area (Å²) in [6.45, 7) is 6.06. The molecule has 6 heteroatoms. The van der Waals surface area contributed by atoms with Crippen LogP contribution in [0.1, 0.15) is 29.8 Å². The van der Waals surface area contributed by atoms with Crippen molar-refractivity contribution in [3.63, 3.8) is 0 Å². The van der Waals surface area contributed by atoms with E-state index in [1.807, 2.05) is 12.1 Å². The second kappa shape index (κ2) is 7.67. The van der Waals surface area contributed by atoms with E-state index < -0.39 is 17.5 Å². The molecule has 0 aliphatic carbocycles. The van der Waals surface area contributed by atoms with Gasteiger partial charge >= 0.3 is 0 Å². The highest BCUT2D eigenvalue weighted by atomic mass is 19.1. The first-order valence-electron chi connectivity index (χ1n) is 7.48. The van der Waals surface area contributed by atoms with Gasteiger partial charge in [-0.15, -0.1) is 0 Å². The van der Waals surface area contributed by atoms with Crippen molar-refractivity contribution in [3.05, 3.63) is 59.3 Å². The molecule has 0 saturated carbocycles. The van der Waals surface area contributed by atoms with Crippen LogP contribution in [0.15, 0.2) is 36.5 Å². The maximum absolute atomic E-state index is 13.5. The second-order valence-corrected chi connectivity index (χ2v) is 5.00. The summed E-state index contributed by atoms with van der Waals surface area (Å²) in [5.41, 5.74) is 0.621. The Hall–Kier alpha value is -2.50. The Labute approximate surface area is 134 Å². The van der Waals surface area contributed by atoms with Gasteiger partial charge in [-0.1, -0.05) is 6.07 Å². The van der Waals surface area contributed by atoms with Crippen molar-refractivity contribution in [1.82, 2.24) is 10.3 Å². The van der Waals surface area contributed by atoms with Crippen LogP contribution in [0.3, 0.4) is 0 Å². The Morgan fingerprint density at radius 2 is 1.91 bits per heavy atom. The minimum atomic E-state index is -0.877. The van der Waals surface area contributed by atoms with Gasteiger partial charge in [0.2, 0.25) is 0 Å². The smallest absolute Gasteiger partial charge is 0.254 e. The van der Waals surface area contributed by atoms with E-state index in [1.165, 1.54) is 0 Å². The zero-order valence-corrected chi connectivity index (χ0v) is 13.1. The van der Waals surface area contributed by atoms with Crippen LogP contribution in [0.5, 0.6) is 0 Å². The Balaban J connectivity index is 1.99. The van der Waals surface area contributed by atoms with Gasteiger partial charge in [0.1, 0.15) is 17.5 Å². The fraction of sp³-hybridized carbons (Fsp3) is 0.294. The number of anilines is 1. The lowest BCUT2D eigenvalue weighted by atomic mass is 10.2. The van der Waals surface area contributed by atoms with Crippen LogP contribution in [-0.2, 0) is 6.54 Å². The monoisotopic (exact) mass is 319 g/mol.